The zero-order valence-corrected chi connectivity index (χ0v) is 12.7. The van der Waals surface area contributed by atoms with Gasteiger partial charge in [-0.15, -0.1) is 11.6 Å². The van der Waals surface area contributed by atoms with Crippen LogP contribution in [0.3, 0.4) is 0 Å². The Morgan fingerprint density at radius 2 is 2.11 bits per heavy atom. The average Bonchev–Trinajstić information content (AvgIpc) is 2.75. The number of hydrogen-bond acceptors (Lipinski definition) is 2. The van der Waals surface area contributed by atoms with Gasteiger partial charge in [-0.05, 0) is 31.9 Å². The molecule has 2 heterocycles. The van der Waals surface area contributed by atoms with Crippen molar-refractivity contribution >= 4 is 22.8 Å². The Hall–Kier alpha value is -1.09. The van der Waals surface area contributed by atoms with Crippen LogP contribution >= 0.6 is 11.6 Å². The average molecular weight is 280 g/mol. The summed E-state index contributed by atoms with van der Waals surface area (Å²) in [6, 6.07) is 2.00. The second-order valence-corrected chi connectivity index (χ2v) is 5.75. The highest BCUT2D eigenvalue weighted by molar-refractivity contribution is 6.20. The SMILES string of the molecule is CCCCCCn1c(C(C)Cl)nc2c(C)ccnc21. The van der Waals surface area contributed by atoms with Gasteiger partial charge in [0.2, 0.25) is 0 Å². The van der Waals surface area contributed by atoms with Crippen LogP contribution in [0.15, 0.2) is 12.3 Å². The van der Waals surface area contributed by atoms with Crippen molar-refractivity contribution in [3.63, 3.8) is 0 Å². The molecule has 1 atom stereocenters. The molecule has 2 aromatic rings. The molecule has 4 heteroatoms. The van der Waals surface area contributed by atoms with E-state index in [-0.39, 0.29) is 5.38 Å². The summed E-state index contributed by atoms with van der Waals surface area (Å²) < 4.78 is 2.19. The Morgan fingerprint density at radius 3 is 2.79 bits per heavy atom. The zero-order chi connectivity index (χ0) is 13.8. The number of alkyl halides is 1. The molecule has 0 aliphatic carbocycles. The summed E-state index contributed by atoms with van der Waals surface area (Å²) in [4.78, 5) is 9.16. The Kier molecular flexibility index (Phi) is 4.81. The lowest BCUT2D eigenvalue weighted by Crippen LogP contribution is -2.05. The van der Waals surface area contributed by atoms with E-state index < -0.39 is 0 Å². The minimum atomic E-state index is -0.0835. The van der Waals surface area contributed by atoms with Gasteiger partial charge in [0.25, 0.3) is 0 Å². The van der Waals surface area contributed by atoms with Gasteiger partial charge in [-0.1, -0.05) is 26.2 Å². The molecule has 0 radical (unpaired) electrons. The lowest BCUT2D eigenvalue weighted by Gasteiger charge is -2.09. The summed E-state index contributed by atoms with van der Waals surface area (Å²) in [5.41, 5.74) is 3.12. The van der Waals surface area contributed by atoms with Crippen molar-refractivity contribution < 1.29 is 0 Å². The monoisotopic (exact) mass is 279 g/mol. The third-order valence-electron chi connectivity index (χ3n) is 3.46. The maximum Gasteiger partial charge on any atom is 0.160 e. The van der Waals surface area contributed by atoms with Gasteiger partial charge in [0.1, 0.15) is 11.3 Å². The molecule has 0 aromatic carbocycles. The Morgan fingerprint density at radius 1 is 1.32 bits per heavy atom. The van der Waals surface area contributed by atoms with E-state index >= 15 is 0 Å². The summed E-state index contributed by atoms with van der Waals surface area (Å²) in [5.74, 6) is 0.940. The molecule has 104 valence electrons. The fourth-order valence-corrected chi connectivity index (χ4v) is 2.54. The Bertz CT molecular complexity index is 546. The summed E-state index contributed by atoms with van der Waals surface area (Å²) in [6.07, 6.45) is 6.79. The van der Waals surface area contributed by atoms with E-state index in [1.54, 1.807) is 0 Å². The smallest absolute Gasteiger partial charge is 0.160 e. The number of imidazole rings is 1. The van der Waals surface area contributed by atoms with Gasteiger partial charge >= 0.3 is 0 Å². The molecule has 0 aliphatic rings. The van der Waals surface area contributed by atoms with E-state index in [0.29, 0.717) is 0 Å². The molecule has 0 saturated heterocycles. The Balaban J connectivity index is 2.33. The largest absolute Gasteiger partial charge is 0.311 e. The van der Waals surface area contributed by atoms with E-state index in [1.807, 2.05) is 19.2 Å². The van der Waals surface area contributed by atoms with Crippen molar-refractivity contribution in [1.82, 2.24) is 14.5 Å². The standard InChI is InChI=1S/C15H22ClN3/c1-4-5-6-7-10-19-14(12(3)16)18-13-11(2)8-9-17-15(13)19/h8-9,12H,4-7,10H2,1-3H3. The van der Waals surface area contributed by atoms with Gasteiger partial charge in [0.05, 0.1) is 5.38 Å². The molecule has 19 heavy (non-hydrogen) atoms. The summed E-state index contributed by atoms with van der Waals surface area (Å²) >= 11 is 6.26. The van der Waals surface area contributed by atoms with Crippen LogP contribution in [0.25, 0.3) is 11.2 Å². The quantitative estimate of drug-likeness (QED) is 0.571. The van der Waals surface area contributed by atoms with Crippen LogP contribution in [0.4, 0.5) is 0 Å². The number of hydrogen-bond donors (Lipinski definition) is 0. The maximum absolute atomic E-state index is 6.26. The molecule has 1 unspecified atom stereocenters. The van der Waals surface area contributed by atoms with E-state index in [4.69, 9.17) is 11.6 Å². The summed E-state index contributed by atoms with van der Waals surface area (Å²) in [7, 11) is 0. The highest BCUT2D eigenvalue weighted by Gasteiger charge is 2.16. The minimum Gasteiger partial charge on any atom is -0.311 e. The van der Waals surface area contributed by atoms with E-state index in [1.165, 1.54) is 19.3 Å². The lowest BCUT2D eigenvalue weighted by atomic mass is 10.2. The predicted octanol–water partition coefficient (Wildman–Crippen LogP) is 4.62. The topological polar surface area (TPSA) is 30.7 Å². The number of rotatable bonds is 6. The summed E-state index contributed by atoms with van der Waals surface area (Å²) in [6.45, 7) is 7.23. The molecule has 0 fully saturated rings. The molecule has 0 bridgehead atoms. The lowest BCUT2D eigenvalue weighted by molar-refractivity contribution is 0.572. The van der Waals surface area contributed by atoms with Crippen LogP contribution in [0.2, 0.25) is 0 Å². The van der Waals surface area contributed by atoms with Crippen LogP contribution in [0.5, 0.6) is 0 Å². The van der Waals surface area contributed by atoms with Crippen LogP contribution in [-0.2, 0) is 6.54 Å². The third kappa shape index (κ3) is 3.08. The second-order valence-electron chi connectivity index (χ2n) is 5.10. The van der Waals surface area contributed by atoms with E-state index in [9.17, 15) is 0 Å². The van der Waals surface area contributed by atoms with E-state index in [0.717, 1.165) is 35.5 Å². The highest BCUT2D eigenvalue weighted by atomic mass is 35.5. The highest BCUT2D eigenvalue weighted by Crippen LogP contribution is 2.25. The molecule has 0 N–H and O–H groups in total. The molecule has 2 rings (SSSR count). The normalized spacial score (nSPS) is 13.1. The van der Waals surface area contributed by atoms with Gasteiger partial charge in [-0.2, -0.15) is 0 Å². The van der Waals surface area contributed by atoms with Gasteiger partial charge in [0, 0.05) is 12.7 Å². The number of nitrogens with zero attached hydrogens (tertiary/aromatic N) is 3. The third-order valence-corrected chi connectivity index (χ3v) is 3.65. The predicted molar refractivity (Wildman–Crippen MR) is 80.7 cm³/mol. The van der Waals surface area contributed by atoms with Crippen molar-refractivity contribution in [3.8, 4) is 0 Å². The van der Waals surface area contributed by atoms with Gasteiger partial charge in [-0.3, -0.25) is 0 Å². The number of aryl methyl sites for hydroxylation is 2. The first kappa shape index (κ1) is 14.3. The zero-order valence-electron chi connectivity index (χ0n) is 12.0. The Labute approximate surface area is 120 Å². The van der Waals surface area contributed by atoms with Crippen molar-refractivity contribution in [2.75, 3.05) is 0 Å². The number of unbranched alkanes of at least 4 members (excludes halogenated alkanes) is 3. The molecule has 2 aromatic heterocycles. The van der Waals surface area contributed by atoms with Crippen molar-refractivity contribution in [3.05, 3.63) is 23.7 Å². The van der Waals surface area contributed by atoms with Gasteiger partial charge < -0.3 is 4.57 Å². The van der Waals surface area contributed by atoms with Gasteiger partial charge in [0.15, 0.2) is 5.65 Å². The molecule has 0 saturated carbocycles. The molecule has 3 nitrogen and oxygen atoms in total. The van der Waals surface area contributed by atoms with Crippen LogP contribution in [-0.4, -0.2) is 14.5 Å². The number of halogens is 1. The minimum absolute atomic E-state index is 0.0835. The van der Waals surface area contributed by atoms with Crippen LogP contribution < -0.4 is 0 Å². The summed E-state index contributed by atoms with van der Waals surface area (Å²) in [5, 5.41) is -0.0835. The molecular formula is C15H22ClN3. The number of pyridine rings is 1. The fraction of sp³-hybridized carbons (Fsp3) is 0.600. The molecule has 0 spiro atoms. The van der Waals surface area contributed by atoms with Crippen molar-refractivity contribution in [2.45, 2.75) is 58.4 Å². The first-order valence-electron chi connectivity index (χ1n) is 7.11. The molecule has 0 aliphatic heterocycles. The van der Waals surface area contributed by atoms with Crippen molar-refractivity contribution in [2.24, 2.45) is 0 Å². The van der Waals surface area contributed by atoms with Crippen LogP contribution in [0.1, 0.15) is 56.3 Å². The molecular weight excluding hydrogens is 258 g/mol. The van der Waals surface area contributed by atoms with E-state index in [2.05, 4.69) is 28.4 Å². The first-order valence-corrected chi connectivity index (χ1v) is 7.54. The number of fused-ring (bicyclic) bond motifs is 1. The first-order chi connectivity index (χ1) is 9.15. The van der Waals surface area contributed by atoms with Crippen molar-refractivity contribution in [1.29, 1.82) is 0 Å². The second kappa shape index (κ2) is 6.38. The van der Waals surface area contributed by atoms with Gasteiger partial charge in [-0.25, -0.2) is 9.97 Å². The van der Waals surface area contributed by atoms with Crippen LogP contribution in [0, 0.1) is 6.92 Å². The fourth-order valence-electron chi connectivity index (χ4n) is 2.38. The molecule has 0 amide bonds. The maximum atomic E-state index is 6.26. The number of aromatic nitrogens is 3.